The van der Waals surface area contributed by atoms with Crippen molar-refractivity contribution in [2.45, 2.75) is 52.7 Å². The number of H-pyrrole nitrogens is 1. The number of aryl methyl sites for hydroxylation is 1. The Bertz CT molecular complexity index is 980. The summed E-state index contributed by atoms with van der Waals surface area (Å²) in [6.07, 6.45) is 0. The Morgan fingerprint density at radius 3 is 2.33 bits per heavy atom. The SMILES string of the molecule is [C-]#[N+]c1sc2[nH]c(=O)n(C(C)(C)C(=O)OC(C)(C)C)c(=O)c2c1C. The summed E-state index contributed by atoms with van der Waals surface area (Å²) >= 11 is 1.05. The van der Waals surface area contributed by atoms with Gasteiger partial charge < -0.3 is 4.74 Å². The van der Waals surface area contributed by atoms with Crippen LogP contribution >= 0.6 is 11.3 Å². The molecule has 2 rings (SSSR count). The van der Waals surface area contributed by atoms with Crippen molar-refractivity contribution < 1.29 is 9.53 Å². The molecule has 0 aliphatic carbocycles. The molecule has 2 aromatic heterocycles. The molecule has 8 heteroatoms. The maximum atomic E-state index is 12.9. The lowest BCUT2D eigenvalue weighted by molar-refractivity contribution is -0.164. The molecule has 0 unspecified atom stereocenters. The van der Waals surface area contributed by atoms with Crippen LogP contribution < -0.4 is 11.2 Å². The van der Waals surface area contributed by atoms with Gasteiger partial charge in [0, 0.05) is 0 Å². The van der Waals surface area contributed by atoms with E-state index in [-0.39, 0.29) is 5.39 Å². The molecular formula is C16H19N3O4S. The second kappa shape index (κ2) is 5.60. The summed E-state index contributed by atoms with van der Waals surface area (Å²) in [5.74, 6) is -0.680. The summed E-state index contributed by atoms with van der Waals surface area (Å²) < 4.78 is 6.20. The molecule has 128 valence electrons. The molecule has 0 aliphatic heterocycles. The van der Waals surface area contributed by atoms with Crippen LogP contribution in [-0.2, 0) is 15.1 Å². The number of thiophene rings is 1. The fourth-order valence-electron chi connectivity index (χ4n) is 2.31. The minimum Gasteiger partial charge on any atom is -0.458 e. The Hall–Kier alpha value is -2.40. The standard InChI is InChI=1S/C16H19N3O4S/c1-8-9-11(24-10(8)17-7)18-14(22)19(12(9)20)16(5,6)13(21)23-15(2,3)4/h1-6H3,(H,18,22). The van der Waals surface area contributed by atoms with E-state index in [1.54, 1.807) is 27.7 Å². The molecule has 0 bridgehead atoms. The molecule has 0 aliphatic rings. The van der Waals surface area contributed by atoms with Crippen molar-refractivity contribution in [3.63, 3.8) is 0 Å². The van der Waals surface area contributed by atoms with Gasteiger partial charge in [0.1, 0.15) is 11.1 Å². The fraction of sp³-hybridized carbons (Fsp3) is 0.500. The van der Waals surface area contributed by atoms with Crippen LogP contribution in [0, 0.1) is 13.5 Å². The highest BCUT2D eigenvalue weighted by Crippen LogP contribution is 2.34. The minimum atomic E-state index is -1.49. The van der Waals surface area contributed by atoms with Crippen molar-refractivity contribution in [3.05, 3.63) is 37.8 Å². The first-order chi connectivity index (χ1) is 10.9. The molecule has 0 radical (unpaired) electrons. The number of carbonyl (C=O) groups is 1. The van der Waals surface area contributed by atoms with Gasteiger partial charge in [0.25, 0.3) is 5.56 Å². The molecule has 24 heavy (non-hydrogen) atoms. The molecular weight excluding hydrogens is 330 g/mol. The Morgan fingerprint density at radius 1 is 1.25 bits per heavy atom. The second-order valence-electron chi connectivity index (χ2n) is 6.98. The fourth-order valence-corrected chi connectivity index (χ4v) is 3.29. The largest absolute Gasteiger partial charge is 0.458 e. The minimum absolute atomic E-state index is 0.252. The van der Waals surface area contributed by atoms with Gasteiger partial charge in [0.15, 0.2) is 0 Å². The monoisotopic (exact) mass is 349 g/mol. The molecule has 0 atom stereocenters. The predicted octanol–water partition coefficient (Wildman–Crippen LogP) is 2.69. The topological polar surface area (TPSA) is 85.5 Å². The molecule has 0 saturated heterocycles. The van der Waals surface area contributed by atoms with E-state index in [0.717, 1.165) is 15.9 Å². The number of hydrogen-bond acceptors (Lipinski definition) is 5. The van der Waals surface area contributed by atoms with Crippen molar-refractivity contribution in [1.82, 2.24) is 9.55 Å². The summed E-state index contributed by atoms with van der Waals surface area (Å²) in [5.41, 5.74) is -3.04. The maximum Gasteiger partial charge on any atom is 0.332 e. The van der Waals surface area contributed by atoms with Crippen molar-refractivity contribution in [2.75, 3.05) is 0 Å². The smallest absolute Gasteiger partial charge is 0.332 e. The van der Waals surface area contributed by atoms with Gasteiger partial charge in [-0.2, -0.15) is 0 Å². The Balaban J connectivity index is 2.75. The lowest BCUT2D eigenvalue weighted by Crippen LogP contribution is -2.52. The number of aromatic amines is 1. The number of fused-ring (bicyclic) bond motifs is 1. The Morgan fingerprint density at radius 2 is 1.83 bits per heavy atom. The normalized spacial score (nSPS) is 12.2. The molecule has 1 N–H and O–H groups in total. The summed E-state index contributed by atoms with van der Waals surface area (Å²) in [6, 6.07) is 0. The van der Waals surface area contributed by atoms with E-state index in [2.05, 4.69) is 9.83 Å². The second-order valence-corrected chi connectivity index (χ2v) is 7.98. The van der Waals surface area contributed by atoms with Crippen LogP contribution in [0.4, 0.5) is 5.00 Å². The van der Waals surface area contributed by atoms with Gasteiger partial charge in [-0.25, -0.2) is 19.0 Å². The lowest BCUT2D eigenvalue weighted by Gasteiger charge is -2.29. The van der Waals surface area contributed by atoms with Crippen LogP contribution in [0.3, 0.4) is 0 Å². The first kappa shape index (κ1) is 17.9. The zero-order valence-electron chi connectivity index (χ0n) is 14.4. The van der Waals surface area contributed by atoms with Crippen LogP contribution in [0.15, 0.2) is 9.59 Å². The van der Waals surface area contributed by atoms with Gasteiger partial charge in [0.05, 0.1) is 16.8 Å². The third-order valence-electron chi connectivity index (χ3n) is 3.52. The number of nitrogens with one attached hydrogen (secondary N) is 1. The van der Waals surface area contributed by atoms with Crippen LogP contribution in [-0.4, -0.2) is 21.1 Å². The third-order valence-corrected chi connectivity index (χ3v) is 4.62. The summed E-state index contributed by atoms with van der Waals surface area (Å²) in [5, 5.41) is 0.591. The number of nitrogens with zero attached hydrogens (tertiary/aromatic N) is 2. The van der Waals surface area contributed by atoms with Gasteiger partial charge in [-0.15, -0.1) is 11.3 Å². The third kappa shape index (κ3) is 2.87. The molecule has 2 aromatic rings. The number of esters is 1. The molecule has 0 saturated carbocycles. The van der Waals surface area contributed by atoms with Gasteiger partial charge in [-0.1, -0.05) is 0 Å². The van der Waals surface area contributed by atoms with Gasteiger partial charge in [0.2, 0.25) is 5.00 Å². The van der Waals surface area contributed by atoms with Crippen molar-refractivity contribution in [2.24, 2.45) is 0 Å². The lowest BCUT2D eigenvalue weighted by atomic mass is 10.0. The Labute approximate surface area is 142 Å². The van der Waals surface area contributed by atoms with E-state index in [9.17, 15) is 14.4 Å². The van der Waals surface area contributed by atoms with Crippen LogP contribution in [0.25, 0.3) is 15.1 Å². The average Bonchev–Trinajstić information content (AvgIpc) is 2.72. The van der Waals surface area contributed by atoms with Gasteiger partial charge >= 0.3 is 11.7 Å². The number of hydrogen-bond donors (Lipinski definition) is 1. The van der Waals surface area contributed by atoms with E-state index >= 15 is 0 Å². The molecule has 0 spiro atoms. The highest BCUT2D eigenvalue weighted by Gasteiger charge is 2.37. The zero-order valence-corrected chi connectivity index (χ0v) is 15.3. The molecule has 2 heterocycles. The van der Waals surface area contributed by atoms with E-state index in [4.69, 9.17) is 11.3 Å². The van der Waals surface area contributed by atoms with Gasteiger partial charge in [-0.3, -0.25) is 9.78 Å². The quantitative estimate of drug-likeness (QED) is 0.667. The predicted molar refractivity (Wildman–Crippen MR) is 92.9 cm³/mol. The first-order valence-electron chi connectivity index (χ1n) is 7.30. The number of aromatic nitrogens is 2. The molecule has 0 aromatic carbocycles. The van der Waals surface area contributed by atoms with E-state index in [0.29, 0.717) is 15.4 Å². The van der Waals surface area contributed by atoms with Gasteiger partial charge in [-0.05, 0) is 47.1 Å². The van der Waals surface area contributed by atoms with Crippen LogP contribution in [0.2, 0.25) is 0 Å². The summed E-state index contributed by atoms with van der Waals surface area (Å²) in [4.78, 5) is 44.0. The zero-order chi connectivity index (χ0) is 18.4. The van der Waals surface area contributed by atoms with Crippen LogP contribution in [0.1, 0.15) is 40.2 Å². The van der Waals surface area contributed by atoms with E-state index in [1.807, 2.05) is 0 Å². The maximum absolute atomic E-state index is 12.9. The molecule has 0 amide bonds. The number of rotatable bonds is 2. The van der Waals surface area contributed by atoms with Crippen molar-refractivity contribution in [3.8, 4) is 0 Å². The van der Waals surface area contributed by atoms with Crippen LogP contribution in [0.5, 0.6) is 0 Å². The average molecular weight is 349 g/mol. The summed E-state index contributed by atoms with van der Waals surface area (Å²) in [7, 11) is 0. The number of carbonyl (C=O) groups excluding carboxylic acids is 1. The van der Waals surface area contributed by atoms with E-state index < -0.39 is 28.4 Å². The summed E-state index contributed by atoms with van der Waals surface area (Å²) in [6.45, 7) is 16.8. The highest BCUT2D eigenvalue weighted by molar-refractivity contribution is 7.22. The van der Waals surface area contributed by atoms with Crippen molar-refractivity contribution in [1.29, 1.82) is 0 Å². The molecule has 0 fully saturated rings. The highest BCUT2D eigenvalue weighted by atomic mass is 32.1. The number of ether oxygens (including phenoxy) is 1. The Kier molecular flexibility index (Phi) is 4.19. The van der Waals surface area contributed by atoms with Crippen molar-refractivity contribution >= 4 is 32.5 Å². The first-order valence-corrected chi connectivity index (χ1v) is 8.11. The van der Waals surface area contributed by atoms with E-state index in [1.165, 1.54) is 13.8 Å². The molecule has 7 nitrogen and oxygen atoms in total.